The van der Waals surface area contributed by atoms with E-state index >= 15 is 0 Å². The van der Waals surface area contributed by atoms with Crippen molar-refractivity contribution >= 4 is 27.6 Å². The number of ether oxygens (including phenoxy) is 2. The van der Waals surface area contributed by atoms with Crippen LogP contribution >= 0.6 is 11.3 Å². The van der Waals surface area contributed by atoms with E-state index in [2.05, 4.69) is 4.98 Å². The number of rotatable bonds is 7. The van der Waals surface area contributed by atoms with E-state index in [0.717, 1.165) is 5.56 Å². The topological polar surface area (TPSA) is 73.6 Å². The van der Waals surface area contributed by atoms with Crippen LogP contribution in [0.25, 0.3) is 16.3 Å². The zero-order valence-electron chi connectivity index (χ0n) is 14.6. The van der Waals surface area contributed by atoms with Gasteiger partial charge in [-0.15, -0.1) is 11.3 Å². The Morgan fingerprint density at radius 1 is 1.35 bits per heavy atom. The summed E-state index contributed by atoms with van der Waals surface area (Å²) in [5.74, 6) is 1.13. The minimum Gasteiger partial charge on any atom is -0.493 e. The molecule has 0 aliphatic heterocycles. The summed E-state index contributed by atoms with van der Waals surface area (Å²) >= 11 is 1.34. The molecule has 6 nitrogen and oxygen atoms in total. The summed E-state index contributed by atoms with van der Waals surface area (Å²) in [6, 6.07) is 7.37. The van der Waals surface area contributed by atoms with Crippen molar-refractivity contribution < 1.29 is 14.6 Å². The number of hydrogen-bond acceptors (Lipinski definition) is 6. The van der Waals surface area contributed by atoms with Crippen LogP contribution in [0.3, 0.4) is 0 Å². The Morgan fingerprint density at radius 2 is 2.19 bits per heavy atom. The van der Waals surface area contributed by atoms with Crippen LogP contribution in [0.15, 0.2) is 46.8 Å². The Balaban J connectivity index is 1.67. The zero-order valence-corrected chi connectivity index (χ0v) is 15.4. The summed E-state index contributed by atoms with van der Waals surface area (Å²) in [6.07, 6.45) is 4.50. The maximum absolute atomic E-state index is 12.4. The first-order valence-electron chi connectivity index (χ1n) is 8.16. The maximum atomic E-state index is 12.4. The lowest BCUT2D eigenvalue weighted by Crippen LogP contribution is -2.30. The average Bonchev–Trinajstić information content (AvgIpc) is 3.12. The van der Waals surface area contributed by atoms with Gasteiger partial charge in [-0.2, -0.15) is 0 Å². The molecule has 2 aromatic heterocycles. The third-order valence-corrected chi connectivity index (χ3v) is 4.71. The van der Waals surface area contributed by atoms with Crippen LogP contribution < -0.4 is 15.0 Å². The number of hydrogen-bond donors (Lipinski definition) is 1. The van der Waals surface area contributed by atoms with Crippen molar-refractivity contribution in [2.45, 2.75) is 19.6 Å². The van der Waals surface area contributed by atoms with Gasteiger partial charge in [0.25, 0.3) is 5.56 Å². The lowest BCUT2D eigenvalue weighted by Gasteiger charge is -2.15. The molecule has 3 rings (SSSR count). The third kappa shape index (κ3) is 3.95. The molecular formula is C19H20N2O4S. The van der Waals surface area contributed by atoms with Crippen molar-refractivity contribution in [1.29, 1.82) is 0 Å². The fourth-order valence-corrected chi connectivity index (χ4v) is 3.37. The predicted molar refractivity (Wildman–Crippen MR) is 103 cm³/mol. The van der Waals surface area contributed by atoms with Gasteiger partial charge in [-0.3, -0.25) is 9.36 Å². The highest BCUT2D eigenvalue weighted by Crippen LogP contribution is 2.28. The molecule has 0 saturated heterocycles. The molecule has 0 bridgehead atoms. The highest BCUT2D eigenvalue weighted by Gasteiger charge is 2.12. The lowest BCUT2D eigenvalue weighted by atomic mass is 10.2. The summed E-state index contributed by atoms with van der Waals surface area (Å²) in [5, 5.41) is 12.1. The molecule has 0 aliphatic rings. The van der Waals surface area contributed by atoms with Gasteiger partial charge in [-0.25, -0.2) is 4.98 Å². The molecule has 2 heterocycles. The van der Waals surface area contributed by atoms with E-state index in [1.165, 1.54) is 22.2 Å². The van der Waals surface area contributed by atoms with Gasteiger partial charge in [0, 0.05) is 0 Å². The second-order valence-electron chi connectivity index (χ2n) is 5.71. The number of fused-ring (bicyclic) bond motifs is 1. The Morgan fingerprint density at radius 3 is 2.96 bits per heavy atom. The Bertz CT molecular complexity index is 977. The summed E-state index contributed by atoms with van der Waals surface area (Å²) in [5.41, 5.74) is 1.52. The minimum atomic E-state index is -0.855. The number of aromatic nitrogens is 2. The number of aliphatic hydroxyl groups is 1. The van der Waals surface area contributed by atoms with E-state index in [9.17, 15) is 9.90 Å². The Hall–Kier alpha value is -2.64. The molecule has 0 radical (unpaired) electrons. The minimum absolute atomic E-state index is 0.0360. The van der Waals surface area contributed by atoms with Gasteiger partial charge in [0.15, 0.2) is 11.5 Å². The highest BCUT2D eigenvalue weighted by molar-refractivity contribution is 7.17. The molecule has 136 valence electrons. The van der Waals surface area contributed by atoms with Crippen molar-refractivity contribution in [2.24, 2.45) is 0 Å². The van der Waals surface area contributed by atoms with Gasteiger partial charge < -0.3 is 14.6 Å². The van der Waals surface area contributed by atoms with E-state index in [4.69, 9.17) is 9.47 Å². The molecule has 0 aliphatic carbocycles. The molecule has 0 amide bonds. The third-order valence-electron chi connectivity index (χ3n) is 3.82. The predicted octanol–water partition coefficient (Wildman–Crippen LogP) is 2.94. The fraction of sp³-hybridized carbons (Fsp3) is 0.263. The van der Waals surface area contributed by atoms with Crippen LogP contribution in [0, 0.1) is 0 Å². The fourth-order valence-electron chi connectivity index (χ4n) is 2.57. The van der Waals surface area contributed by atoms with E-state index in [0.29, 0.717) is 21.7 Å². The number of aliphatic hydroxyl groups excluding tert-OH is 1. The quantitative estimate of drug-likeness (QED) is 0.690. The number of nitrogens with zero attached hydrogens (tertiary/aromatic N) is 2. The number of benzene rings is 1. The molecule has 26 heavy (non-hydrogen) atoms. The number of allylic oxidation sites excluding steroid dienone is 1. The molecule has 0 saturated carbocycles. The second-order valence-corrected chi connectivity index (χ2v) is 6.63. The van der Waals surface area contributed by atoms with E-state index < -0.39 is 6.10 Å². The van der Waals surface area contributed by atoms with Crippen LogP contribution in [0.4, 0.5) is 0 Å². The Labute approximate surface area is 155 Å². The number of thiophene rings is 1. The van der Waals surface area contributed by atoms with Crippen LogP contribution in [-0.2, 0) is 6.54 Å². The highest BCUT2D eigenvalue weighted by atomic mass is 32.1. The first-order valence-corrected chi connectivity index (χ1v) is 9.04. The molecule has 1 N–H and O–H groups in total. The van der Waals surface area contributed by atoms with Gasteiger partial charge in [0.2, 0.25) is 0 Å². The average molecular weight is 372 g/mol. The van der Waals surface area contributed by atoms with Crippen molar-refractivity contribution in [3.63, 3.8) is 0 Å². The summed E-state index contributed by atoms with van der Waals surface area (Å²) < 4.78 is 13.0. The summed E-state index contributed by atoms with van der Waals surface area (Å²) in [7, 11) is 1.57. The smallest absolute Gasteiger partial charge is 0.271 e. The SMILES string of the molecule is C/C=C/c1ccc(OCC(O)Cn2cnc3ccsc3c2=O)c(OC)c1. The molecule has 1 unspecified atom stereocenters. The van der Waals surface area contributed by atoms with Gasteiger partial charge >= 0.3 is 0 Å². The molecule has 7 heteroatoms. The van der Waals surface area contributed by atoms with Gasteiger partial charge in [0.05, 0.1) is 25.5 Å². The zero-order chi connectivity index (χ0) is 18.5. The number of methoxy groups -OCH3 is 1. The Kier molecular flexibility index (Phi) is 5.70. The molecule has 3 aromatic rings. The van der Waals surface area contributed by atoms with E-state index in [1.807, 2.05) is 36.6 Å². The second kappa shape index (κ2) is 8.16. The standard InChI is InChI=1S/C19H20N2O4S/c1-3-4-13-5-6-16(17(9-13)24-2)25-11-14(22)10-21-12-20-15-7-8-26-18(15)19(21)23/h3-9,12,14,22H,10-11H2,1-2H3/b4-3+. The van der Waals surface area contributed by atoms with Crippen molar-refractivity contribution in [3.8, 4) is 11.5 Å². The van der Waals surface area contributed by atoms with Crippen LogP contribution in [0.1, 0.15) is 12.5 Å². The van der Waals surface area contributed by atoms with Crippen molar-refractivity contribution in [3.05, 3.63) is 58.0 Å². The molecule has 1 atom stereocenters. The van der Waals surface area contributed by atoms with Crippen LogP contribution in [0.5, 0.6) is 11.5 Å². The first kappa shape index (κ1) is 18.2. The maximum Gasteiger partial charge on any atom is 0.271 e. The summed E-state index contributed by atoms with van der Waals surface area (Å²) in [6.45, 7) is 2.09. The monoisotopic (exact) mass is 372 g/mol. The van der Waals surface area contributed by atoms with Gasteiger partial charge in [0.1, 0.15) is 17.4 Å². The van der Waals surface area contributed by atoms with Crippen molar-refractivity contribution in [1.82, 2.24) is 9.55 Å². The van der Waals surface area contributed by atoms with Gasteiger partial charge in [-0.05, 0) is 36.1 Å². The summed E-state index contributed by atoms with van der Waals surface area (Å²) in [4.78, 5) is 16.6. The van der Waals surface area contributed by atoms with Gasteiger partial charge in [-0.1, -0.05) is 18.2 Å². The normalized spacial score (nSPS) is 12.6. The van der Waals surface area contributed by atoms with E-state index in [-0.39, 0.29) is 18.7 Å². The first-order chi connectivity index (χ1) is 12.6. The largest absolute Gasteiger partial charge is 0.493 e. The molecule has 0 spiro atoms. The molecule has 0 fully saturated rings. The lowest BCUT2D eigenvalue weighted by molar-refractivity contribution is 0.0900. The molecule has 1 aromatic carbocycles. The van der Waals surface area contributed by atoms with Crippen LogP contribution in [0.2, 0.25) is 0 Å². The van der Waals surface area contributed by atoms with Crippen molar-refractivity contribution in [2.75, 3.05) is 13.7 Å². The van der Waals surface area contributed by atoms with Crippen LogP contribution in [-0.4, -0.2) is 34.5 Å². The van der Waals surface area contributed by atoms with E-state index in [1.54, 1.807) is 19.2 Å². The molecular weight excluding hydrogens is 352 g/mol.